The molecule has 0 aliphatic heterocycles. The molecule has 0 spiro atoms. The molecule has 0 unspecified atom stereocenters. The minimum absolute atomic E-state index is 0.249. The van der Waals surface area contributed by atoms with Crippen LogP contribution in [0.25, 0.3) is 0 Å². The van der Waals surface area contributed by atoms with E-state index in [2.05, 4.69) is 6.92 Å². The van der Waals surface area contributed by atoms with Gasteiger partial charge in [0.25, 0.3) is 0 Å². The molecule has 1 heterocycles. The Labute approximate surface area is 103 Å². The number of unbranched alkanes of at least 4 members (excludes halogenated alkanes) is 5. The fourth-order valence-electron chi connectivity index (χ4n) is 2.03. The summed E-state index contributed by atoms with van der Waals surface area (Å²) in [5.74, 6) is -0.859. The number of carbonyl (C=O) groups is 1. The molecule has 0 atom stereocenters. The van der Waals surface area contributed by atoms with Gasteiger partial charge in [0.15, 0.2) is 5.97 Å². The average molecular weight is 238 g/mol. The van der Waals surface area contributed by atoms with Gasteiger partial charge in [0.2, 0.25) is 0 Å². The first-order chi connectivity index (χ1) is 8.16. The zero-order valence-electron chi connectivity index (χ0n) is 10.8. The Morgan fingerprint density at radius 2 is 1.94 bits per heavy atom. The lowest BCUT2D eigenvalue weighted by Gasteiger charge is -2.03. The van der Waals surface area contributed by atoms with Crippen molar-refractivity contribution in [1.29, 1.82) is 0 Å². The number of nitrogens with zero attached hydrogens (tertiary/aromatic N) is 2. The highest BCUT2D eigenvalue weighted by Gasteiger charge is 2.14. The Morgan fingerprint density at radius 1 is 1.29 bits per heavy atom. The Hall–Kier alpha value is -1.32. The van der Waals surface area contributed by atoms with E-state index in [0.717, 1.165) is 19.4 Å². The fourth-order valence-corrected chi connectivity index (χ4v) is 2.03. The number of rotatable bonds is 8. The largest absolute Gasteiger partial charge is 0.538 e. The lowest BCUT2D eigenvalue weighted by molar-refractivity contribution is -0.675. The van der Waals surface area contributed by atoms with E-state index < -0.39 is 5.97 Å². The smallest absolute Gasteiger partial charge is 0.304 e. The molecule has 0 aromatic carbocycles. The minimum Gasteiger partial charge on any atom is -0.538 e. The van der Waals surface area contributed by atoms with E-state index in [1.54, 1.807) is 28.6 Å². The Morgan fingerprint density at radius 3 is 2.59 bits per heavy atom. The number of aromatic nitrogens is 2. The van der Waals surface area contributed by atoms with Gasteiger partial charge in [-0.25, -0.2) is 9.13 Å². The molecule has 1 rings (SSSR count). The van der Waals surface area contributed by atoms with Gasteiger partial charge < -0.3 is 9.90 Å². The number of carboxylic acids is 1. The lowest BCUT2D eigenvalue weighted by atomic mass is 10.1. The normalized spacial score (nSPS) is 10.7. The summed E-state index contributed by atoms with van der Waals surface area (Å²) in [4.78, 5) is 10.9. The maximum Gasteiger partial charge on any atom is 0.304 e. The monoisotopic (exact) mass is 238 g/mol. The van der Waals surface area contributed by atoms with Gasteiger partial charge in [0.05, 0.1) is 13.6 Å². The summed E-state index contributed by atoms with van der Waals surface area (Å²) in [5.41, 5.74) is 0. The zero-order chi connectivity index (χ0) is 12.7. The third-order valence-corrected chi connectivity index (χ3v) is 3.01. The summed E-state index contributed by atoms with van der Waals surface area (Å²) in [5, 5.41) is 10.9. The van der Waals surface area contributed by atoms with Crippen molar-refractivity contribution in [2.45, 2.75) is 52.0 Å². The summed E-state index contributed by atoms with van der Waals surface area (Å²) in [7, 11) is 1.73. The fraction of sp³-hybridized carbons (Fsp3) is 0.692. The van der Waals surface area contributed by atoms with Gasteiger partial charge in [-0.2, -0.15) is 0 Å². The number of hydrogen-bond acceptors (Lipinski definition) is 2. The van der Waals surface area contributed by atoms with Gasteiger partial charge in [-0.3, -0.25) is 0 Å². The number of hydrogen-bond donors (Lipinski definition) is 0. The van der Waals surface area contributed by atoms with Gasteiger partial charge >= 0.3 is 5.82 Å². The topological polar surface area (TPSA) is 48.9 Å². The predicted molar refractivity (Wildman–Crippen MR) is 63.3 cm³/mol. The van der Waals surface area contributed by atoms with Crippen LogP contribution in [0.2, 0.25) is 0 Å². The molecule has 0 radical (unpaired) electrons. The first-order valence-electron chi connectivity index (χ1n) is 6.43. The summed E-state index contributed by atoms with van der Waals surface area (Å²) in [6.45, 7) is 2.96. The van der Waals surface area contributed by atoms with Crippen molar-refractivity contribution in [3.8, 4) is 0 Å². The standard InChI is InChI=1S/C13H22N2O2/c1-3-4-5-6-7-8-9-15-11-10-14(2)12(15)13(16)17/h10-11H,3-9H2,1-2H3. The number of aromatic carboxylic acids is 1. The van der Waals surface area contributed by atoms with E-state index in [1.165, 1.54) is 25.7 Å². The minimum atomic E-state index is -1.11. The molecule has 17 heavy (non-hydrogen) atoms. The third-order valence-electron chi connectivity index (χ3n) is 3.01. The summed E-state index contributed by atoms with van der Waals surface area (Å²) in [6, 6.07) is 0. The second kappa shape index (κ2) is 7.09. The highest BCUT2D eigenvalue weighted by atomic mass is 16.4. The number of imidazole rings is 1. The van der Waals surface area contributed by atoms with Crippen LogP contribution in [0, 0.1) is 0 Å². The van der Waals surface area contributed by atoms with Crippen molar-refractivity contribution in [3.05, 3.63) is 18.2 Å². The molecule has 0 N–H and O–H groups in total. The van der Waals surface area contributed by atoms with Crippen LogP contribution < -0.4 is 9.67 Å². The highest BCUT2D eigenvalue weighted by Crippen LogP contribution is 2.06. The molecular formula is C13H22N2O2. The van der Waals surface area contributed by atoms with Crippen LogP contribution in [0.15, 0.2) is 12.4 Å². The van der Waals surface area contributed by atoms with Gasteiger partial charge in [-0.15, -0.1) is 0 Å². The Kier molecular flexibility index (Phi) is 5.73. The molecule has 4 heteroatoms. The zero-order valence-corrected chi connectivity index (χ0v) is 10.8. The van der Waals surface area contributed by atoms with Crippen LogP contribution >= 0.6 is 0 Å². The van der Waals surface area contributed by atoms with Crippen molar-refractivity contribution in [3.63, 3.8) is 0 Å². The van der Waals surface area contributed by atoms with Crippen LogP contribution in [0.4, 0.5) is 0 Å². The average Bonchev–Trinajstić information content (AvgIpc) is 2.65. The van der Waals surface area contributed by atoms with Crippen LogP contribution in [-0.2, 0) is 13.6 Å². The van der Waals surface area contributed by atoms with Gasteiger partial charge in [-0.05, 0) is 12.8 Å². The van der Waals surface area contributed by atoms with E-state index in [9.17, 15) is 9.90 Å². The van der Waals surface area contributed by atoms with Crippen molar-refractivity contribution in [2.24, 2.45) is 7.05 Å². The van der Waals surface area contributed by atoms with Crippen LogP contribution in [0.3, 0.4) is 0 Å². The highest BCUT2D eigenvalue weighted by molar-refractivity contribution is 5.79. The first kappa shape index (κ1) is 13.7. The number of aryl methyl sites for hydroxylation is 2. The van der Waals surface area contributed by atoms with Gasteiger partial charge in [0.1, 0.15) is 12.4 Å². The van der Waals surface area contributed by atoms with E-state index in [4.69, 9.17) is 0 Å². The molecule has 1 aromatic rings. The lowest BCUT2D eigenvalue weighted by Crippen LogP contribution is -2.41. The van der Waals surface area contributed by atoms with E-state index in [-0.39, 0.29) is 5.82 Å². The molecule has 96 valence electrons. The third kappa shape index (κ3) is 4.21. The maximum atomic E-state index is 10.9. The van der Waals surface area contributed by atoms with Crippen LogP contribution in [0.5, 0.6) is 0 Å². The van der Waals surface area contributed by atoms with E-state index in [1.807, 2.05) is 0 Å². The molecule has 0 aliphatic carbocycles. The molecule has 1 aromatic heterocycles. The Bertz CT molecular complexity index is 358. The maximum absolute atomic E-state index is 10.9. The summed E-state index contributed by atoms with van der Waals surface area (Å²) in [6.07, 6.45) is 10.8. The van der Waals surface area contributed by atoms with Crippen molar-refractivity contribution in [2.75, 3.05) is 0 Å². The van der Waals surface area contributed by atoms with E-state index >= 15 is 0 Å². The second-order valence-electron chi connectivity index (χ2n) is 4.48. The molecule has 0 saturated carbocycles. The van der Waals surface area contributed by atoms with Crippen LogP contribution in [0.1, 0.15) is 56.1 Å². The second-order valence-corrected chi connectivity index (χ2v) is 4.48. The Balaban J connectivity index is 2.34. The van der Waals surface area contributed by atoms with Crippen LogP contribution in [-0.4, -0.2) is 10.5 Å². The van der Waals surface area contributed by atoms with Crippen molar-refractivity contribution >= 4 is 5.97 Å². The summed E-state index contributed by atoms with van der Waals surface area (Å²) >= 11 is 0. The SMILES string of the molecule is CCCCCCCCn1cc[n+](C)c1C(=O)[O-]. The van der Waals surface area contributed by atoms with Gasteiger partial charge in [0, 0.05) is 0 Å². The molecule has 0 aliphatic rings. The van der Waals surface area contributed by atoms with Crippen molar-refractivity contribution in [1.82, 2.24) is 4.57 Å². The van der Waals surface area contributed by atoms with E-state index in [0.29, 0.717) is 0 Å². The molecular weight excluding hydrogens is 216 g/mol. The molecule has 0 saturated heterocycles. The summed E-state index contributed by atoms with van der Waals surface area (Å²) < 4.78 is 3.35. The number of carbonyl (C=O) groups excluding carboxylic acids is 1. The molecule has 0 fully saturated rings. The molecule has 0 bridgehead atoms. The molecule has 4 nitrogen and oxygen atoms in total. The quantitative estimate of drug-likeness (QED) is 0.502. The first-order valence-corrected chi connectivity index (χ1v) is 6.43. The van der Waals surface area contributed by atoms with Crippen molar-refractivity contribution < 1.29 is 14.5 Å². The predicted octanol–water partition coefficient (Wildman–Crippen LogP) is 1.04. The molecule has 0 amide bonds. The number of carboxylic acid groups (broad SMARTS) is 1. The van der Waals surface area contributed by atoms with Gasteiger partial charge in [-0.1, -0.05) is 32.6 Å².